The van der Waals surface area contributed by atoms with Crippen LogP contribution >= 0.6 is 23.2 Å². The Morgan fingerprint density at radius 2 is 1.96 bits per heavy atom. The number of hydrogen-bond donors (Lipinski definition) is 1. The average molecular weight is 375 g/mol. The molecular weight excluding hydrogens is 359 g/mol. The summed E-state index contributed by atoms with van der Waals surface area (Å²) in [5.74, 6) is -2.08. The molecular formula is C16H16Cl2O6. The van der Waals surface area contributed by atoms with E-state index in [9.17, 15) is 19.5 Å². The molecule has 2 atom stereocenters. The van der Waals surface area contributed by atoms with Gasteiger partial charge in [-0.1, -0.05) is 23.2 Å². The number of hydrogen-bond acceptors (Lipinski definition) is 5. The van der Waals surface area contributed by atoms with Gasteiger partial charge in [0.1, 0.15) is 0 Å². The van der Waals surface area contributed by atoms with Crippen molar-refractivity contribution in [2.24, 2.45) is 11.3 Å². The van der Waals surface area contributed by atoms with Crippen molar-refractivity contribution < 1.29 is 29.0 Å². The van der Waals surface area contributed by atoms with E-state index in [1.165, 1.54) is 18.2 Å². The first-order valence-electron chi connectivity index (χ1n) is 7.34. The SMILES string of the molecule is CCOC(=O)OCC[C@@]1(C(=O)O)C[C@@H]1C(=O)c1ccc(Cl)c(Cl)c1. The van der Waals surface area contributed by atoms with Crippen LogP contribution in [0.2, 0.25) is 10.0 Å². The van der Waals surface area contributed by atoms with E-state index in [1.807, 2.05) is 0 Å². The number of ketones is 1. The first kappa shape index (κ1) is 18.5. The summed E-state index contributed by atoms with van der Waals surface area (Å²) in [6.07, 6.45) is -0.627. The van der Waals surface area contributed by atoms with Crippen LogP contribution in [0.4, 0.5) is 4.79 Å². The zero-order valence-corrected chi connectivity index (χ0v) is 14.4. The topological polar surface area (TPSA) is 89.9 Å². The molecule has 1 aliphatic rings. The van der Waals surface area contributed by atoms with Gasteiger partial charge in [-0.2, -0.15) is 0 Å². The summed E-state index contributed by atoms with van der Waals surface area (Å²) in [5.41, 5.74) is -0.917. The lowest BCUT2D eigenvalue weighted by Gasteiger charge is -2.12. The van der Waals surface area contributed by atoms with Gasteiger partial charge in [0.2, 0.25) is 0 Å². The Balaban J connectivity index is 2.03. The average Bonchev–Trinajstić information content (AvgIpc) is 3.25. The van der Waals surface area contributed by atoms with Crippen LogP contribution < -0.4 is 0 Å². The maximum atomic E-state index is 12.5. The van der Waals surface area contributed by atoms with Gasteiger partial charge in [-0.25, -0.2) is 4.79 Å². The van der Waals surface area contributed by atoms with Crippen LogP contribution in [0, 0.1) is 11.3 Å². The molecule has 1 aromatic carbocycles. The highest BCUT2D eigenvalue weighted by atomic mass is 35.5. The predicted molar refractivity (Wildman–Crippen MR) is 86.6 cm³/mol. The zero-order valence-electron chi connectivity index (χ0n) is 12.9. The van der Waals surface area contributed by atoms with E-state index < -0.39 is 23.5 Å². The van der Waals surface area contributed by atoms with Crippen molar-refractivity contribution in [2.75, 3.05) is 13.2 Å². The number of carbonyl (C=O) groups is 3. The van der Waals surface area contributed by atoms with Crippen molar-refractivity contribution >= 4 is 41.1 Å². The molecule has 1 aliphatic carbocycles. The molecule has 1 fully saturated rings. The monoisotopic (exact) mass is 374 g/mol. The third-order valence-electron chi connectivity index (χ3n) is 4.05. The normalized spacial score (nSPS) is 21.9. The van der Waals surface area contributed by atoms with Crippen LogP contribution in [0.3, 0.4) is 0 Å². The third-order valence-corrected chi connectivity index (χ3v) is 4.79. The molecule has 24 heavy (non-hydrogen) atoms. The third kappa shape index (κ3) is 3.82. The highest BCUT2D eigenvalue weighted by molar-refractivity contribution is 6.42. The van der Waals surface area contributed by atoms with Crippen molar-refractivity contribution in [1.29, 1.82) is 0 Å². The molecule has 1 saturated carbocycles. The molecule has 2 rings (SSSR count). The van der Waals surface area contributed by atoms with Crippen molar-refractivity contribution in [1.82, 2.24) is 0 Å². The lowest BCUT2D eigenvalue weighted by molar-refractivity contribution is -0.144. The highest BCUT2D eigenvalue weighted by Gasteiger charge is 2.63. The quantitative estimate of drug-likeness (QED) is 0.576. The fourth-order valence-corrected chi connectivity index (χ4v) is 2.89. The first-order valence-corrected chi connectivity index (χ1v) is 8.09. The fraction of sp³-hybridized carbons (Fsp3) is 0.438. The minimum Gasteiger partial charge on any atom is -0.481 e. The summed E-state index contributed by atoms with van der Waals surface area (Å²) in [6, 6.07) is 4.43. The molecule has 0 amide bonds. The van der Waals surface area contributed by atoms with E-state index in [4.69, 9.17) is 27.9 Å². The summed E-state index contributed by atoms with van der Waals surface area (Å²) in [4.78, 5) is 35.2. The van der Waals surface area contributed by atoms with Crippen LogP contribution in [0.1, 0.15) is 30.1 Å². The van der Waals surface area contributed by atoms with Gasteiger partial charge in [0.05, 0.1) is 28.7 Å². The maximum Gasteiger partial charge on any atom is 0.508 e. The number of carboxylic acid groups (broad SMARTS) is 1. The van der Waals surface area contributed by atoms with Crippen molar-refractivity contribution in [2.45, 2.75) is 19.8 Å². The van der Waals surface area contributed by atoms with E-state index in [1.54, 1.807) is 6.92 Å². The molecule has 1 N–H and O–H groups in total. The van der Waals surface area contributed by atoms with Crippen LogP contribution in [0.15, 0.2) is 18.2 Å². The zero-order chi connectivity index (χ0) is 17.9. The van der Waals surface area contributed by atoms with Crippen molar-refractivity contribution in [3.63, 3.8) is 0 Å². The number of rotatable bonds is 7. The summed E-state index contributed by atoms with van der Waals surface area (Å²) >= 11 is 11.7. The second-order valence-corrected chi connectivity index (χ2v) is 6.31. The lowest BCUT2D eigenvalue weighted by atomic mass is 9.95. The number of halogens is 2. The van der Waals surface area contributed by atoms with Gasteiger partial charge >= 0.3 is 12.1 Å². The number of carboxylic acids is 1. The van der Waals surface area contributed by atoms with E-state index in [0.29, 0.717) is 10.6 Å². The van der Waals surface area contributed by atoms with Crippen LogP contribution in [0.25, 0.3) is 0 Å². The number of carbonyl (C=O) groups excluding carboxylic acids is 2. The predicted octanol–water partition coefficient (Wildman–Crippen LogP) is 3.83. The highest BCUT2D eigenvalue weighted by Crippen LogP contribution is 2.57. The smallest absolute Gasteiger partial charge is 0.481 e. The van der Waals surface area contributed by atoms with Crippen molar-refractivity contribution in [3.05, 3.63) is 33.8 Å². The summed E-state index contributed by atoms with van der Waals surface area (Å²) < 4.78 is 9.41. The van der Waals surface area contributed by atoms with Gasteiger partial charge in [0.15, 0.2) is 5.78 Å². The molecule has 0 heterocycles. The molecule has 6 nitrogen and oxygen atoms in total. The van der Waals surface area contributed by atoms with Gasteiger partial charge in [-0.15, -0.1) is 0 Å². The lowest BCUT2D eigenvalue weighted by Crippen LogP contribution is -2.23. The second kappa shape index (κ2) is 7.40. The standard InChI is InChI=1S/C16H16Cl2O6/c1-2-23-15(22)24-6-5-16(14(20)21)8-10(16)13(19)9-3-4-11(17)12(18)7-9/h3-4,7,10H,2,5-6,8H2,1H3,(H,20,21)/t10-,16-/m1/s1. The Morgan fingerprint density at radius 1 is 1.25 bits per heavy atom. The molecule has 0 bridgehead atoms. The Bertz CT molecular complexity index is 675. The fourth-order valence-electron chi connectivity index (χ4n) is 2.60. The number of benzene rings is 1. The molecule has 0 spiro atoms. The van der Waals surface area contributed by atoms with Gasteiger partial charge in [0.25, 0.3) is 0 Å². The molecule has 0 unspecified atom stereocenters. The molecule has 0 aromatic heterocycles. The first-order chi connectivity index (χ1) is 11.3. The molecule has 0 aliphatic heterocycles. The van der Waals surface area contributed by atoms with E-state index in [-0.39, 0.29) is 36.9 Å². The number of ether oxygens (including phenoxy) is 2. The van der Waals surface area contributed by atoms with Crippen molar-refractivity contribution in [3.8, 4) is 0 Å². The van der Waals surface area contributed by atoms with Gasteiger partial charge in [-0.3, -0.25) is 9.59 Å². The summed E-state index contributed by atoms with van der Waals surface area (Å²) in [5, 5.41) is 10.0. The summed E-state index contributed by atoms with van der Waals surface area (Å²) in [7, 11) is 0. The molecule has 130 valence electrons. The summed E-state index contributed by atoms with van der Waals surface area (Å²) in [6.45, 7) is 1.67. The largest absolute Gasteiger partial charge is 0.508 e. The second-order valence-electron chi connectivity index (χ2n) is 5.49. The van der Waals surface area contributed by atoms with Crippen LogP contribution in [0.5, 0.6) is 0 Å². The number of aliphatic carboxylic acids is 1. The Kier molecular flexibility index (Phi) is 5.72. The van der Waals surface area contributed by atoms with Crippen LogP contribution in [-0.4, -0.2) is 36.2 Å². The molecule has 0 radical (unpaired) electrons. The minimum absolute atomic E-state index is 0.0406. The van der Waals surface area contributed by atoms with Crippen LogP contribution in [-0.2, 0) is 14.3 Å². The van der Waals surface area contributed by atoms with E-state index in [2.05, 4.69) is 4.74 Å². The van der Waals surface area contributed by atoms with E-state index >= 15 is 0 Å². The van der Waals surface area contributed by atoms with Gasteiger partial charge in [-0.05, 0) is 38.0 Å². The Morgan fingerprint density at radius 3 is 2.54 bits per heavy atom. The number of Topliss-reactive ketones (excluding diaryl/α,β-unsaturated/α-hetero) is 1. The molecule has 1 aromatic rings. The molecule has 8 heteroatoms. The minimum atomic E-state index is -1.23. The van der Waals surface area contributed by atoms with Gasteiger partial charge < -0.3 is 14.6 Å². The van der Waals surface area contributed by atoms with E-state index in [0.717, 1.165) is 0 Å². The maximum absolute atomic E-state index is 12.5. The molecule has 0 saturated heterocycles. The Labute approximate surface area is 148 Å². The Hall–Kier alpha value is -1.79. The van der Waals surface area contributed by atoms with Gasteiger partial charge in [0, 0.05) is 11.5 Å².